The predicted molar refractivity (Wildman–Crippen MR) is 99.9 cm³/mol. The van der Waals surface area contributed by atoms with Gasteiger partial charge in [0.25, 0.3) is 0 Å². The van der Waals surface area contributed by atoms with Crippen LogP contribution in [0.2, 0.25) is 0 Å². The first kappa shape index (κ1) is 17.6. The van der Waals surface area contributed by atoms with Crippen molar-refractivity contribution >= 4 is 17.4 Å². The maximum Gasteiger partial charge on any atom is 0.155 e. The Morgan fingerprint density at radius 3 is 2.80 bits per heavy atom. The highest BCUT2D eigenvalue weighted by molar-refractivity contribution is 6.30. The Labute approximate surface area is 156 Å². The van der Waals surface area contributed by atoms with Crippen LogP contribution in [0.1, 0.15) is 71.1 Å². The van der Waals surface area contributed by atoms with Gasteiger partial charge in [0.2, 0.25) is 0 Å². The van der Waals surface area contributed by atoms with Gasteiger partial charge in [-0.1, -0.05) is 24.8 Å². The van der Waals surface area contributed by atoms with E-state index in [0.717, 1.165) is 51.4 Å². The third-order valence-electron chi connectivity index (χ3n) is 8.10. The van der Waals surface area contributed by atoms with E-state index in [2.05, 4.69) is 18.2 Å². The van der Waals surface area contributed by atoms with Crippen LogP contribution in [-0.2, 0) is 4.79 Å². The van der Waals surface area contributed by atoms with Crippen molar-refractivity contribution in [2.24, 2.45) is 29.1 Å². The van der Waals surface area contributed by atoms with E-state index in [1.165, 1.54) is 18.4 Å². The smallest absolute Gasteiger partial charge is 0.155 e. The zero-order valence-corrected chi connectivity index (χ0v) is 15.9. The van der Waals surface area contributed by atoms with E-state index in [-0.39, 0.29) is 5.41 Å². The minimum atomic E-state index is -0.904. The summed E-state index contributed by atoms with van der Waals surface area (Å²) < 4.78 is 0. The molecule has 0 radical (unpaired) electrons. The van der Waals surface area contributed by atoms with Crippen molar-refractivity contribution < 1.29 is 9.90 Å². The van der Waals surface area contributed by atoms with E-state index in [1.807, 2.05) is 6.08 Å². The summed E-state index contributed by atoms with van der Waals surface area (Å²) in [6.07, 6.45) is 12.2. The number of carbonyl (C=O) groups is 1. The van der Waals surface area contributed by atoms with Gasteiger partial charge in [0.15, 0.2) is 5.78 Å². The normalized spacial score (nSPS) is 45.6. The molecule has 6 atom stereocenters. The molecule has 1 unspecified atom stereocenters. The molecule has 3 heteroatoms. The fourth-order valence-corrected chi connectivity index (χ4v) is 7.40. The van der Waals surface area contributed by atoms with Gasteiger partial charge in [0.05, 0.1) is 0 Å². The highest BCUT2D eigenvalue weighted by atomic mass is 35.5. The van der Waals surface area contributed by atoms with Crippen molar-refractivity contribution in [3.05, 3.63) is 11.6 Å². The molecule has 0 aromatic heterocycles. The van der Waals surface area contributed by atoms with Crippen LogP contribution in [0.3, 0.4) is 0 Å². The lowest BCUT2D eigenvalue weighted by molar-refractivity contribution is -0.117. The summed E-state index contributed by atoms with van der Waals surface area (Å²) in [5, 5.41) is 13.9. The van der Waals surface area contributed by atoms with E-state index < -0.39 is 5.60 Å². The Hall–Kier alpha value is -0.780. The average molecular weight is 361 g/mol. The van der Waals surface area contributed by atoms with Crippen molar-refractivity contribution in [1.82, 2.24) is 0 Å². The van der Waals surface area contributed by atoms with Crippen molar-refractivity contribution in [2.75, 3.05) is 0 Å². The van der Waals surface area contributed by atoms with Crippen LogP contribution in [0.15, 0.2) is 11.6 Å². The van der Waals surface area contributed by atoms with Crippen LogP contribution < -0.4 is 0 Å². The van der Waals surface area contributed by atoms with Gasteiger partial charge in [0, 0.05) is 17.2 Å². The maximum atomic E-state index is 11.8. The Balaban J connectivity index is 1.67. The zero-order valence-electron chi connectivity index (χ0n) is 15.2. The van der Waals surface area contributed by atoms with Gasteiger partial charge in [-0.15, -0.1) is 0 Å². The van der Waals surface area contributed by atoms with Crippen LogP contribution >= 0.6 is 11.6 Å². The second-order valence-electron chi connectivity index (χ2n) is 8.87. The molecule has 0 aromatic carbocycles. The molecule has 25 heavy (non-hydrogen) atoms. The molecule has 0 spiro atoms. The number of ketones is 1. The van der Waals surface area contributed by atoms with Crippen LogP contribution in [0.5, 0.6) is 0 Å². The first-order chi connectivity index (χ1) is 12.0. The summed E-state index contributed by atoms with van der Waals surface area (Å²) in [7, 11) is 0. The molecule has 2 nitrogen and oxygen atoms in total. The predicted octanol–water partition coefficient (Wildman–Crippen LogP) is 4.84. The summed E-state index contributed by atoms with van der Waals surface area (Å²) >= 11 is 5.75. The number of rotatable bonds is 2. The van der Waals surface area contributed by atoms with Gasteiger partial charge in [-0.05, 0) is 92.7 Å². The van der Waals surface area contributed by atoms with Crippen molar-refractivity contribution in [3.63, 3.8) is 0 Å². The van der Waals surface area contributed by atoms with E-state index >= 15 is 0 Å². The number of hydrogen-bond acceptors (Lipinski definition) is 2. The minimum absolute atomic E-state index is 0.0729. The Morgan fingerprint density at radius 1 is 1.20 bits per heavy atom. The molecule has 3 fully saturated rings. The van der Waals surface area contributed by atoms with Crippen molar-refractivity contribution in [1.29, 1.82) is 0 Å². The largest absolute Gasteiger partial charge is 0.377 e. The molecule has 4 aliphatic carbocycles. The molecule has 4 rings (SSSR count). The lowest BCUT2D eigenvalue weighted by Crippen LogP contribution is -2.53. The van der Waals surface area contributed by atoms with Gasteiger partial charge >= 0.3 is 0 Å². The fraction of sp³-hybridized carbons (Fsp3) is 0.773. The number of carbonyl (C=O) groups excluding carboxylic acids is 1. The maximum absolute atomic E-state index is 11.8. The zero-order chi connectivity index (χ0) is 17.7. The highest BCUT2D eigenvalue weighted by Gasteiger charge is 2.63. The lowest BCUT2D eigenvalue weighted by atomic mass is 9.49. The monoisotopic (exact) mass is 360 g/mol. The minimum Gasteiger partial charge on any atom is -0.377 e. The molecule has 0 amide bonds. The van der Waals surface area contributed by atoms with E-state index in [0.29, 0.717) is 29.5 Å². The Bertz CT molecular complexity index is 657. The number of fused-ring (bicyclic) bond motifs is 5. The lowest BCUT2D eigenvalue weighted by Gasteiger charge is -2.56. The van der Waals surface area contributed by atoms with Gasteiger partial charge in [0.1, 0.15) is 5.60 Å². The number of hydrogen-bond donors (Lipinski definition) is 1. The molecular formula is C22H29ClO2. The van der Waals surface area contributed by atoms with Gasteiger partial charge in [-0.3, -0.25) is 4.79 Å². The summed E-state index contributed by atoms with van der Waals surface area (Å²) in [4.78, 5) is 11.8. The molecular weight excluding hydrogens is 332 g/mol. The molecule has 1 N–H and O–H groups in total. The number of halogens is 1. The first-order valence-electron chi connectivity index (χ1n) is 10.1. The quantitative estimate of drug-likeness (QED) is 0.715. The molecule has 0 aliphatic heterocycles. The van der Waals surface area contributed by atoms with Crippen LogP contribution in [0.25, 0.3) is 0 Å². The van der Waals surface area contributed by atoms with E-state index in [4.69, 9.17) is 11.6 Å². The van der Waals surface area contributed by atoms with E-state index in [9.17, 15) is 9.90 Å². The molecule has 0 heterocycles. The topological polar surface area (TPSA) is 37.3 Å². The van der Waals surface area contributed by atoms with Crippen molar-refractivity contribution in [3.8, 4) is 11.3 Å². The van der Waals surface area contributed by atoms with Crippen LogP contribution in [0, 0.1) is 40.4 Å². The fourth-order valence-electron chi connectivity index (χ4n) is 7.24. The molecule has 136 valence electrons. The van der Waals surface area contributed by atoms with Crippen LogP contribution in [0.4, 0.5) is 0 Å². The number of aliphatic hydroxyl groups is 1. The summed E-state index contributed by atoms with van der Waals surface area (Å²) in [6.45, 7) is 2.22. The Morgan fingerprint density at radius 2 is 2.04 bits per heavy atom. The standard InChI is InChI=1S/C22H29ClO2/c1-2-9-21-10-7-18-17-6-4-16(24)14-15(17)3-5-19(18)20(21)8-11-22(21,25)12-13-23/h14,17-20,25H,2-11H2,1H3/t17-,18+,19+,20-,21?,22+/m0/s1. The summed E-state index contributed by atoms with van der Waals surface area (Å²) in [5.74, 6) is 5.91. The summed E-state index contributed by atoms with van der Waals surface area (Å²) in [6, 6.07) is 0. The third kappa shape index (κ3) is 2.54. The molecule has 3 saturated carbocycles. The van der Waals surface area contributed by atoms with Gasteiger partial charge in [-0.2, -0.15) is 0 Å². The third-order valence-corrected chi connectivity index (χ3v) is 8.19. The molecule has 4 aliphatic rings. The number of allylic oxidation sites excluding steroid dienone is 1. The van der Waals surface area contributed by atoms with Gasteiger partial charge in [-0.25, -0.2) is 0 Å². The average Bonchev–Trinajstić information content (AvgIpc) is 2.88. The molecule has 0 aromatic rings. The van der Waals surface area contributed by atoms with Crippen LogP contribution in [-0.4, -0.2) is 16.5 Å². The molecule has 0 bridgehead atoms. The van der Waals surface area contributed by atoms with Gasteiger partial charge < -0.3 is 5.11 Å². The second kappa shape index (κ2) is 6.43. The summed E-state index contributed by atoms with van der Waals surface area (Å²) in [5.41, 5.74) is 0.449. The highest BCUT2D eigenvalue weighted by Crippen LogP contribution is 2.66. The van der Waals surface area contributed by atoms with E-state index in [1.54, 1.807) is 0 Å². The molecule has 0 saturated heterocycles. The SMILES string of the molecule is CCCC12CC[C@H]3[C@@H](CCC4=CC(=O)CC[C@@H]43)[C@@H]1CC[C@@]2(O)C#CCl. The van der Waals surface area contributed by atoms with Crippen molar-refractivity contribution in [2.45, 2.75) is 76.7 Å². The Kier molecular flexibility index (Phi) is 4.53. The second-order valence-corrected chi connectivity index (χ2v) is 9.06. The first-order valence-corrected chi connectivity index (χ1v) is 10.5.